The number of carbonyl (C=O) groups is 2. The molecule has 3 heterocycles. The Hall–Kier alpha value is -2.31. The van der Waals surface area contributed by atoms with Gasteiger partial charge >= 0.3 is 6.09 Å². The fourth-order valence-corrected chi connectivity index (χ4v) is 3.57. The van der Waals surface area contributed by atoms with Crippen LogP contribution in [0.15, 0.2) is 18.5 Å². The molecule has 0 saturated carbocycles. The van der Waals surface area contributed by atoms with Gasteiger partial charge in [-0.1, -0.05) is 0 Å². The average molecular weight is 346 g/mol. The van der Waals surface area contributed by atoms with Crippen molar-refractivity contribution in [1.29, 1.82) is 0 Å². The van der Waals surface area contributed by atoms with E-state index in [1.807, 2.05) is 20.8 Å². The van der Waals surface area contributed by atoms with Gasteiger partial charge in [0, 0.05) is 25.8 Å². The summed E-state index contributed by atoms with van der Waals surface area (Å²) in [7, 11) is 0. The Morgan fingerprint density at radius 2 is 1.84 bits per heavy atom. The lowest BCUT2D eigenvalue weighted by molar-refractivity contribution is -0.128. The summed E-state index contributed by atoms with van der Waals surface area (Å²) in [6, 6.07) is 1.78. The van der Waals surface area contributed by atoms with Crippen molar-refractivity contribution in [3.63, 3.8) is 0 Å². The van der Waals surface area contributed by atoms with Gasteiger partial charge in [0.25, 0.3) is 0 Å². The zero-order chi connectivity index (χ0) is 18.2. The molecule has 25 heavy (non-hydrogen) atoms. The highest BCUT2D eigenvalue weighted by Crippen LogP contribution is 2.43. The molecule has 2 amide bonds. The topological polar surface area (TPSA) is 88.8 Å². The highest BCUT2D eigenvalue weighted by atomic mass is 16.6. The molecular weight excluding hydrogens is 320 g/mol. The summed E-state index contributed by atoms with van der Waals surface area (Å²) < 4.78 is 5.43. The van der Waals surface area contributed by atoms with Crippen molar-refractivity contribution in [2.45, 2.75) is 45.6 Å². The number of nitrogens with zero attached hydrogens (tertiary/aromatic N) is 3. The number of hydrogen-bond donors (Lipinski definition) is 1. The molecule has 2 N–H and O–H groups in total. The summed E-state index contributed by atoms with van der Waals surface area (Å²) in [6.07, 6.45) is 5.06. The molecule has 136 valence electrons. The second-order valence-electron chi connectivity index (χ2n) is 7.93. The summed E-state index contributed by atoms with van der Waals surface area (Å²) in [5.41, 5.74) is 6.19. The van der Waals surface area contributed by atoms with E-state index in [1.165, 1.54) is 0 Å². The van der Waals surface area contributed by atoms with Gasteiger partial charge in [0.05, 0.1) is 23.0 Å². The number of anilines is 2. The molecule has 0 aromatic carbocycles. The number of hydrogen-bond acceptors (Lipinski definition) is 5. The van der Waals surface area contributed by atoms with Gasteiger partial charge in [0.1, 0.15) is 5.60 Å². The highest BCUT2D eigenvalue weighted by Gasteiger charge is 2.49. The molecule has 0 bridgehead atoms. The van der Waals surface area contributed by atoms with Crippen molar-refractivity contribution in [1.82, 2.24) is 9.88 Å². The molecule has 1 spiro atoms. The van der Waals surface area contributed by atoms with E-state index >= 15 is 0 Å². The molecule has 2 saturated heterocycles. The van der Waals surface area contributed by atoms with Crippen molar-refractivity contribution in [3.05, 3.63) is 18.5 Å². The van der Waals surface area contributed by atoms with Gasteiger partial charge in [-0.25, -0.2) is 4.79 Å². The summed E-state index contributed by atoms with van der Waals surface area (Å²) in [4.78, 5) is 32.8. The Balaban J connectivity index is 1.66. The molecule has 1 aromatic heterocycles. The van der Waals surface area contributed by atoms with Gasteiger partial charge in [0.2, 0.25) is 5.91 Å². The van der Waals surface area contributed by atoms with Crippen LogP contribution in [0, 0.1) is 5.41 Å². The van der Waals surface area contributed by atoms with Gasteiger partial charge in [-0.15, -0.1) is 0 Å². The first-order chi connectivity index (χ1) is 11.7. The maximum atomic E-state index is 13.0. The molecule has 2 fully saturated rings. The van der Waals surface area contributed by atoms with E-state index in [-0.39, 0.29) is 17.4 Å². The van der Waals surface area contributed by atoms with Gasteiger partial charge in [-0.2, -0.15) is 0 Å². The normalized spacial score (nSPS) is 20.2. The SMILES string of the molecule is CC(C)(C)OC(=O)N1CCC2(CC1)CCN(c1cncc(N)c1)C2=O. The van der Waals surface area contributed by atoms with Crippen LogP contribution in [0.1, 0.15) is 40.0 Å². The smallest absolute Gasteiger partial charge is 0.410 e. The minimum Gasteiger partial charge on any atom is -0.444 e. The fourth-order valence-electron chi connectivity index (χ4n) is 3.57. The standard InChI is InChI=1S/C18H26N4O3/c1-17(2,3)25-16(24)21-7-4-18(5-8-21)6-9-22(15(18)23)14-10-13(19)11-20-12-14/h10-12H,4-9,19H2,1-3H3. The number of aromatic nitrogens is 1. The molecule has 0 radical (unpaired) electrons. The highest BCUT2D eigenvalue weighted by molar-refractivity contribution is 6.00. The number of nitrogen functional groups attached to an aromatic ring is 1. The van der Waals surface area contributed by atoms with Crippen LogP contribution < -0.4 is 10.6 Å². The van der Waals surface area contributed by atoms with Crippen molar-refractivity contribution >= 4 is 23.4 Å². The minimum absolute atomic E-state index is 0.115. The van der Waals surface area contributed by atoms with Crippen molar-refractivity contribution in [3.8, 4) is 0 Å². The number of pyridine rings is 1. The van der Waals surface area contributed by atoms with Crippen molar-refractivity contribution < 1.29 is 14.3 Å². The van der Waals surface area contributed by atoms with E-state index in [9.17, 15) is 9.59 Å². The van der Waals surface area contributed by atoms with E-state index in [0.29, 0.717) is 38.2 Å². The van der Waals surface area contributed by atoms with Crippen LogP contribution in [0.4, 0.5) is 16.2 Å². The largest absolute Gasteiger partial charge is 0.444 e. The monoisotopic (exact) mass is 346 g/mol. The molecule has 0 unspecified atom stereocenters. The number of rotatable bonds is 1. The third-order valence-electron chi connectivity index (χ3n) is 4.94. The number of carbonyl (C=O) groups excluding carboxylic acids is 2. The first kappa shape index (κ1) is 17.5. The van der Waals surface area contributed by atoms with Crippen LogP contribution in [0.2, 0.25) is 0 Å². The Labute approximate surface area is 148 Å². The maximum Gasteiger partial charge on any atom is 0.410 e. The lowest BCUT2D eigenvalue weighted by Gasteiger charge is -2.38. The number of nitrogens with two attached hydrogens (primary N) is 1. The first-order valence-electron chi connectivity index (χ1n) is 8.71. The van der Waals surface area contributed by atoms with Crippen LogP contribution in [-0.4, -0.2) is 47.1 Å². The predicted octanol–water partition coefficient (Wildman–Crippen LogP) is 2.42. The van der Waals surface area contributed by atoms with E-state index in [4.69, 9.17) is 10.5 Å². The lowest BCUT2D eigenvalue weighted by atomic mass is 9.77. The summed E-state index contributed by atoms with van der Waals surface area (Å²) in [6.45, 7) is 7.32. The first-order valence-corrected chi connectivity index (χ1v) is 8.71. The molecule has 7 heteroatoms. The zero-order valence-corrected chi connectivity index (χ0v) is 15.1. The summed E-state index contributed by atoms with van der Waals surface area (Å²) >= 11 is 0. The number of amides is 2. The molecule has 2 aliphatic heterocycles. The van der Waals surface area contributed by atoms with E-state index in [2.05, 4.69) is 4.98 Å². The number of likely N-dealkylation sites (tertiary alicyclic amines) is 1. The third-order valence-corrected chi connectivity index (χ3v) is 4.94. The Morgan fingerprint density at radius 3 is 2.44 bits per heavy atom. The van der Waals surface area contributed by atoms with E-state index < -0.39 is 5.60 Å². The predicted molar refractivity (Wildman–Crippen MR) is 95.1 cm³/mol. The van der Waals surface area contributed by atoms with Gasteiger partial charge in [-0.05, 0) is 46.1 Å². The second-order valence-corrected chi connectivity index (χ2v) is 7.93. The van der Waals surface area contributed by atoms with Gasteiger partial charge in [-0.3, -0.25) is 9.78 Å². The quantitative estimate of drug-likeness (QED) is 0.843. The zero-order valence-electron chi connectivity index (χ0n) is 15.1. The van der Waals surface area contributed by atoms with Gasteiger partial charge < -0.3 is 20.3 Å². The molecule has 3 rings (SSSR count). The van der Waals surface area contributed by atoms with Crippen molar-refractivity contribution in [2.24, 2.45) is 5.41 Å². The van der Waals surface area contributed by atoms with Crippen LogP contribution in [0.5, 0.6) is 0 Å². The van der Waals surface area contributed by atoms with E-state index in [1.54, 1.807) is 28.3 Å². The summed E-state index contributed by atoms with van der Waals surface area (Å²) in [5, 5.41) is 0. The summed E-state index contributed by atoms with van der Waals surface area (Å²) in [5.74, 6) is 0.115. The molecule has 0 aliphatic carbocycles. The minimum atomic E-state index is -0.508. The number of piperidine rings is 1. The second kappa shape index (κ2) is 6.20. The van der Waals surface area contributed by atoms with E-state index in [0.717, 1.165) is 12.1 Å². The Bertz CT molecular complexity index is 675. The van der Waals surface area contributed by atoms with Crippen molar-refractivity contribution in [2.75, 3.05) is 30.3 Å². The Morgan fingerprint density at radius 1 is 1.20 bits per heavy atom. The van der Waals surface area contributed by atoms with Crippen LogP contribution in [-0.2, 0) is 9.53 Å². The molecule has 1 aromatic rings. The maximum absolute atomic E-state index is 13.0. The molecule has 0 atom stereocenters. The molecular formula is C18H26N4O3. The lowest BCUT2D eigenvalue weighted by Crippen LogP contribution is -2.48. The van der Waals surface area contributed by atoms with Crippen LogP contribution in [0.3, 0.4) is 0 Å². The number of ether oxygens (including phenoxy) is 1. The fraction of sp³-hybridized carbons (Fsp3) is 0.611. The van der Waals surface area contributed by atoms with Crippen LogP contribution in [0.25, 0.3) is 0 Å². The van der Waals surface area contributed by atoms with Crippen LogP contribution >= 0.6 is 0 Å². The average Bonchev–Trinajstić information content (AvgIpc) is 2.83. The molecule has 2 aliphatic rings. The molecule has 7 nitrogen and oxygen atoms in total. The Kier molecular flexibility index (Phi) is 4.34. The van der Waals surface area contributed by atoms with Gasteiger partial charge in [0.15, 0.2) is 0 Å². The third kappa shape index (κ3) is 3.55.